The molecule has 0 fully saturated rings. The van der Waals surface area contributed by atoms with Crippen LogP contribution in [0.3, 0.4) is 0 Å². The van der Waals surface area contributed by atoms with Gasteiger partial charge in [-0.1, -0.05) is 45.8 Å². The molecule has 3 heteroatoms. The van der Waals surface area contributed by atoms with Gasteiger partial charge in [0.25, 0.3) is 0 Å². The second-order valence-electron chi connectivity index (χ2n) is 5.50. The van der Waals surface area contributed by atoms with Gasteiger partial charge in [-0.25, -0.2) is 0 Å². The van der Waals surface area contributed by atoms with Crippen molar-refractivity contribution in [1.82, 2.24) is 0 Å². The molecule has 20 heavy (non-hydrogen) atoms. The van der Waals surface area contributed by atoms with Gasteiger partial charge >= 0.3 is 0 Å². The van der Waals surface area contributed by atoms with E-state index in [0.717, 1.165) is 27.8 Å². The van der Waals surface area contributed by atoms with Crippen molar-refractivity contribution in [1.29, 1.82) is 0 Å². The molecule has 2 N–H and O–H groups in total. The number of nitrogens with two attached hydrogens (primary N) is 1. The molecule has 0 aliphatic carbocycles. The molecule has 0 radical (unpaired) electrons. The molecule has 2 unspecified atom stereocenters. The van der Waals surface area contributed by atoms with Crippen molar-refractivity contribution >= 4 is 15.9 Å². The first-order chi connectivity index (χ1) is 9.54. The Morgan fingerprint density at radius 2 is 2.05 bits per heavy atom. The Morgan fingerprint density at radius 3 is 2.85 bits per heavy atom. The van der Waals surface area contributed by atoms with E-state index in [1.807, 2.05) is 6.07 Å². The van der Waals surface area contributed by atoms with E-state index in [1.165, 1.54) is 11.1 Å². The lowest BCUT2D eigenvalue weighted by Gasteiger charge is -2.16. The lowest BCUT2D eigenvalue weighted by atomic mass is 9.96. The SMILES string of the molecule is Cc1ccc(Br)c(C(N)c2ccc3c(c2)CC(C)O3)c1. The van der Waals surface area contributed by atoms with Crippen LogP contribution in [0.4, 0.5) is 0 Å². The first-order valence-corrected chi connectivity index (χ1v) is 7.65. The summed E-state index contributed by atoms with van der Waals surface area (Å²) in [5.41, 5.74) is 11.2. The van der Waals surface area contributed by atoms with Crippen molar-refractivity contribution in [2.75, 3.05) is 0 Å². The average molecular weight is 332 g/mol. The monoisotopic (exact) mass is 331 g/mol. The summed E-state index contributed by atoms with van der Waals surface area (Å²) in [4.78, 5) is 0. The molecule has 0 bridgehead atoms. The molecule has 0 aromatic heterocycles. The molecule has 104 valence electrons. The summed E-state index contributed by atoms with van der Waals surface area (Å²) in [7, 11) is 0. The molecule has 1 heterocycles. The van der Waals surface area contributed by atoms with Crippen molar-refractivity contribution in [3.05, 3.63) is 63.1 Å². The Morgan fingerprint density at radius 1 is 1.25 bits per heavy atom. The molecule has 0 saturated carbocycles. The van der Waals surface area contributed by atoms with Gasteiger partial charge in [-0.3, -0.25) is 0 Å². The first kappa shape index (κ1) is 13.7. The van der Waals surface area contributed by atoms with Gasteiger partial charge in [0.05, 0.1) is 6.04 Å². The number of hydrogen-bond acceptors (Lipinski definition) is 2. The van der Waals surface area contributed by atoms with E-state index in [4.69, 9.17) is 10.5 Å². The zero-order valence-corrected chi connectivity index (χ0v) is 13.3. The summed E-state index contributed by atoms with van der Waals surface area (Å²) in [5, 5.41) is 0. The van der Waals surface area contributed by atoms with Gasteiger partial charge < -0.3 is 10.5 Å². The number of ether oxygens (including phenoxy) is 1. The van der Waals surface area contributed by atoms with Gasteiger partial charge in [-0.2, -0.15) is 0 Å². The Labute approximate surface area is 128 Å². The predicted octanol–water partition coefficient (Wildman–Crippen LogP) is 4.13. The molecule has 3 rings (SSSR count). The minimum absolute atomic E-state index is 0.120. The topological polar surface area (TPSA) is 35.2 Å². The maximum absolute atomic E-state index is 6.44. The summed E-state index contributed by atoms with van der Waals surface area (Å²) in [5.74, 6) is 0.997. The largest absolute Gasteiger partial charge is 0.490 e. The third kappa shape index (κ3) is 2.48. The minimum Gasteiger partial charge on any atom is -0.490 e. The lowest BCUT2D eigenvalue weighted by molar-refractivity contribution is 0.254. The summed E-state index contributed by atoms with van der Waals surface area (Å²) in [6.45, 7) is 4.18. The molecule has 2 aromatic rings. The van der Waals surface area contributed by atoms with Crippen LogP contribution >= 0.6 is 15.9 Å². The Kier molecular flexibility index (Phi) is 3.57. The van der Waals surface area contributed by atoms with E-state index in [1.54, 1.807) is 0 Å². The summed E-state index contributed by atoms with van der Waals surface area (Å²) >= 11 is 3.60. The Bertz CT molecular complexity index is 653. The maximum Gasteiger partial charge on any atom is 0.123 e. The summed E-state index contributed by atoms with van der Waals surface area (Å²) in [6.07, 6.45) is 1.23. The highest BCUT2D eigenvalue weighted by molar-refractivity contribution is 9.10. The van der Waals surface area contributed by atoms with E-state index in [2.05, 4.69) is 60.1 Å². The molecular formula is C17H18BrNO. The first-order valence-electron chi connectivity index (χ1n) is 6.85. The van der Waals surface area contributed by atoms with Crippen molar-refractivity contribution in [2.45, 2.75) is 32.4 Å². The van der Waals surface area contributed by atoms with Crippen molar-refractivity contribution in [3.63, 3.8) is 0 Å². The molecule has 1 aliphatic heterocycles. The van der Waals surface area contributed by atoms with Crippen molar-refractivity contribution in [3.8, 4) is 5.75 Å². The Balaban J connectivity index is 1.97. The van der Waals surface area contributed by atoms with Gasteiger partial charge in [0.1, 0.15) is 11.9 Å². The van der Waals surface area contributed by atoms with Gasteiger partial charge in [-0.15, -0.1) is 0 Å². The van der Waals surface area contributed by atoms with Crippen LogP contribution in [-0.4, -0.2) is 6.10 Å². The highest BCUT2D eigenvalue weighted by atomic mass is 79.9. The molecular weight excluding hydrogens is 314 g/mol. The number of hydrogen-bond donors (Lipinski definition) is 1. The molecule has 0 saturated heterocycles. The molecule has 0 amide bonds. The number of benzene rings is 2. The average Bonchev–Trinajstić information content (AvgIpc) is 2.79. The van der Waals surface area contributed by atoms with Crippen LogP contribution in [0.2, 0.25) is 0 Å². The zero-order valence-electron chi connectivity index (χ0n) is 11.7. The number of aryl methyl sites for hydroxylation is 1. The summed E-state index contributed by atoms with van der Waals surface area (Å²) < 4.78 is 6.80. The second-order valence-corrected chi connectivity index (χ2v) is 6.36. The van der Waals surface area contributed by atoms with Gasteiger partial charge in [0, 0.05) is 10.9 Å². The number of halogens is 1. The fraction of sp³-hybridized carbons (Fsp3) is 0.294. The second kappa shape index (κ2) is 5.23. The quantitative estimate of drug-likeness (QED) is 0.897. The molecule has 2 atom stereocenters. The fourth-order valence-corrected chi connectivity index (χ4v) is 3.21. The van der Waals surface area contributed by atoms with Crippen LogP contribution in [0, 0.1) is 6.92 Å². The highest BCUT2D eigenvalue weighted by Crippen LogP contribution is 2.33. The van der Waals surface area contributed by atoms with E-state index in [0.29, 0.717) is 0 Å². The third-order valence-corrected chi connectivity index (χ3v) is 4.49. The number of fused-ring (bicyclic) bond motifs is 1. The molecule has 1 aliphatic rings. The van der Waals surface area contributed by atoms with Crippen molar-refractivity contribution < 1.29 is 4.74 Å². The van der Waals surface area contributed by atoms with Crippen molar-refractivity contribution in [2.24, 2.45) is 5.73 Å². The van der Waals surface area contributed by atoms with Crippen LogP contribution in [0.15, 0.2) is 40.9 Å². The lowest BCUT2D eigenvalue weighted by Crippen LogP contribution is -2.13. The normalized spacial score (nSPS) is 18.5. The van der Waals surface area contributed by atoms with Crippen LogP contribution in [0.25, 0.3) is 0 Å². The third-order valence-electron chi connectivity index (χ3n) is 3.77. The predicted molar refractivity (Wildman–Crippen MR) is 85.1 cm³/mol. The van der Waals surface area contributed by atoms with Crippen LogP contribution in [-0.2, 0) is 6.42 Å². The van der Waals surface area contributed by atoms with Crippen LogP contribution < -0.4 is 10.5 Å². The molecule has 2 nitrogen and oxygen atoms in total. The fourth-order valence-electron chi connectivity index (χ4n) is 2.72. The van der Waals surface area contributed by atoms with Gasteiger partial charge in [-0.05, 0) is 42.7 Å². The van der Waals surface area contributed by atoms with Gasteiger partial charge in [0.2, 0.25) is 0 Å². The highest BCUT2D eigenvalue weighted by Gasteiger charge is 2.21. The minimum atomic E-state index is -0.120. The van der Waals surface area contributed by atoms with Crippen LogP contribution in [0.5, 0.6) is 5.75 Å². The van der Waals surface area contributed by atoms with E-state index >= 15 is 0 Å². The maximum atomic E-state index is 6.44. The smallest absolute Gasteiger partial charge is 0.123 e. The number of rotatable bonds is 2. The van der Waals surface area contributed by atoms with Gasteiger partial charge in [0.15, 0.2) is 0 Å². The van der Waals surface area contributed by atoms with E-state index in [-0.39, 0.29) is 12.1 Å². The van der Waals surface area contributed by atoms with E-state index < -0.39 is 0 Å². The standard InChI is InChI=1S/C17H18BrNO/c1-10-3-5-15(18)14(7-10)17(19)12-4-6-16-13(9-12)8-11(2)20-16/h3-7,9,11,17H,8,19H2,1-2H3. The summed E-state index contributed by atoms with van der Waals surface area (Å²) in [6, 6.07) is 12.4. The molecule has 0 spiro atoms. The Hall–Kier alpha value is -1.32. The zero-order chi connectivity index (χ0) is 14.3. The van der Waals surface area contributed by atoms with Crippen LogP contribution in [0.1, 0.15) is 35.2 Å². The van der Waals surface area contributed by atoms with E-state index in [9.17, 15) is 0 Å². The molecule has 2 aromatic carbocycles.